The molecule has 1 fully saturated rings. The first-order valence-corrected chi connectivity index (χ1v) is 6.48. The molecule has 1 aromatic carbocycles. The van der Waals surface area contributed by atoms with Gasteiger partial charge in [-0.3, -0.25) is 14.8 Å². The molecule has 5 nitrogen and oxygen atoms in total. The van der Waals surface area contributed by atoms with Crippen LogP contribution in [0.4, 0.5) is 0 Å². The lowest BCUT2D eigenvalue weighted by molar-refractivity contribution is 0.0656. The lowest BCUT2D eigenvalue weighted by Gasteiger charge is -2.34. The van der Waals surface area contributed by atoms with Crippen molar-refractivity contribution in [3.05, 3.63) is 36.2 Å². The van der Waals surface area contributed by atoms with Gasteiger partial charge in [0.05, 0.1) is 11.0 Å². The maximum atomic E-state index is 12.5. The summed E-state index contributed by atoms with van der Waals surface area (Å²) in [6.45, 7) is 4.51. The first kappa shape index (κ1) is 12.0. The van der Waals surface area contributed by atoms with Gasteiger partial charge in [-0.25, -0.2) is 0 Å². The van der Waals surface area contributed by atoms with Crippen molar-refractivity contribution < 1.29 is 4.79 Å². The van der Waals surface area contributed by atoms with Gasteiger partial charge < -0.3 is 10.2 Å². The number of carbonyl (C=O) groups excluding carboxylic acids is 1. The molecule has 0 unspecified atom stereocenters. The SMILES string of the molecule is C[C@H]1CNCCN1C(=O)c1ccc2nccnc2c1. The Morgan fingerprint density at radius 1 is 1.32 bits per heavy atom. The Bertz CT molecular complexity index is 613. The van der Waals surface area contributed by atoms with E-state index in [0.29, 0.717) is 5.56 Å². The van der Waals surface area contributed by atoms with Crippen LogP contribution in [0.2, 0.25) is 0 Å². The standard InChI is InChI=1S/C14H16N4O/c1-10-9-15-6-7-18(10)14(19)11-2-3-12-13(8-11)17-5-4-16-12/h2-5,8,10,15H,6-7,9H2,1H3/t10-/m0/s1. The summed E-state index contributed by atoms with van der Waals surface area (Å²) < 4.78 is 0. The van der Waals surface area contributed by atoms with E-state index < -0.39 is 0 Å². The molecule has 3 rings (SSSR count). The van der Waals surface area contributed by atoms with Crippen LogP contribution >= 0.6 is 0 Å². The Balaban J connectivity index is 1.92. The molecule has 2 heterocycles. The molecule has 1 saturated heterocycles. The number of carbonyl (C=O) groups is 1. The molecule has 0 saturated carbocycles. The topological polar surface area (TPSA) is 58.1 Å². The van der Waals surface area contributed by atoms with E-state index >= 15 is 0 Å². The molecule has 5 heteroatoms. The summed E-state index contributed by atoms with van der Waals surface area (Å²) in [5.74, 6) is 0.0709. The minimum absolute atomic E-state index is 0.0709. The van der Waals surface area contributed by atoms with E-state index in [-0.39, 0.29) is 11.9 Å². The molecule has 1 N–H and O–H groups in total. The van der Waals surface area contributed by atoms with E-state index in [0.717, 1.165) is 30.7 Å². The van der Waals surface area contributed by atoms with Crippen LogP contribution in [-0.4, -0.2) is 46.5 Å². The normalized spacial score (nSPS) is 19.6. The highest BCUT2D eigenvalue weighted by molar-refractivity contribution is 5.97. The zero-order valence-corrected chi connectivity index (χ0v) is 10.8. The summed E-state index contributed by atoms with van der Waals surface area (Å²) in [5.41, 5.74) is 2.25. The lowest BCUT2D eigenvalue weighted by Crippen LogP contribution is -2.52. The van der Waals surface area contributed by atoms with Gasteiger partial charge in [0, 0.05) is 43.6 Å². The molecule has 2 aromatic rings. The van der Waals surface area contributed by atoms with E-state index in [1.54, 1.807) is 12.4 Å². The molecule has 1 atom stereocenters. The second-order valence-electron chi connectivity index (χ2n) is 4.81. The first-order valence-electron chi connectivity index (χ1n) is 6.48. The van der Waals surface area contributed by atoms with Crippen LogP contribution in [0.25, 0.3) is 11.0 Å². The van der Waals surface area contributed by atoms with E-state index in [1.807, 2.05) is 23.1 Å². The van der Waals surface area contributed by atoms with Crippen molar-refractivity contribution in [1.29, 1.82) is 0 Å². The summed E-state index contributed by atoms with van der Waals surface area (Å²) in [6.07, 6.45) is 3.30. The van der Waals surface area contributed by atoms with Gasteiger partial charge in [0.25, 0.3) is 5.91 Å². The van der Waals surface area contributed by atoms with Crippen LogP contribution in [0.1, 0.15) is 17.3 Å². The number of rotatable bonds is 1. The zero-order valence-electron chi connectivity index (χ0n) is 10.8. The van der Waals surface area contributed by atoms with Crippen LogP contribution in [0.15, 0.2) is 30.6 Å². The summed E-state index contributed by atoms with van der Waals surface area (Å²) >= 11 is 0. The monoisotopic (exact) mass is 256 g/mol. The second-order valence-corrected chi connectivity index (χ2v) is 4.81. The molecule has 1 aliphatic heterocycles. The molecule has 19 heavy (non-hydrogen) atoms. The quantitative estimate of drug-likeness (QED) is 0.829. The summed E-state index contributed by atoms with van der Waals surface area (Å²) in [6, 6.07) is 5.72. The first-order chi connectivity index (χ1) is 9.25. The van der Waals surface area contributed by atoms with Crippen LogP contribution < -0.4 is 5.32 Å². The average Bonchev–Trinajstić information content (AvgIpc) is 2.46. The predicted octanol–water partition coefficient (Wildman–Crippen LogP) is 1.06. The fourth-order valence-corrected chi connectivity index (χ4v) is 2.40. The van der Waals surface area contributed by atoms with Crippen molar-refractivity contribution in [3.8, 4) is 0 Å². The third-order valence-corrected chi connectivity index (χ3v) is 3.48. The van der Waals surface area contributed by atoms with Crippen molar-refractivity contribution in [2.75, 3.05) is 19.6 Å². The molecular formula is C14H16N4O. The predicted molar refractivity (Wildman–Crippen MR) is 72.9 cm³/mol. The summed E-state index contributed by atoms with van der Waals surface area (Å²) in [7, 11) is 0. The summed E-state index contributed by atoms with van der Waals surface area (Å²) in [5, 5.41) is 3.28. The molecule has 0 radical (unpaired) electrons. The van der Waals surface area contributed by atoms with Gasteiger partial charge in [-0.05, 0) is 25.1 Å². The molecule has 1 aliphatic rings. The lowest BCUT2D eigenvalue weighted by atomic mass is 10.1. The Morgan fingerprint density at radius 2 is 2.11 bits per heavy atom. The number of hydrogen-bond acceptors (Lipinski definition) is 4. The molecule has 1 amide bonds. The number of nitrogens with one attached hydrogen (secondary N) is 1. The molecule has 1 aromatic heterocycles. The average molecular weight is 256 g/mol. The van der Waals surface area contributed by atoms with Crippen molar-refractivity contribution in [1.82, 2.24) is 20.2 Å². The van der Waals surface area contributed by atoms with Crippen molar-refractivity contribution in [3.63, 3.8) is 0 Å². The van der Waals surface area contributed by atoms with Gasteiger partial charge in [0.1, 0.15) is 0 Å². The number of hydrogen-bond donors (Lipinski definition) is 1. The number of amides is 1. The second kappa shape index (κ2) is 4.93. The van der Waals surface area contributed by atoms with E-state index in [9.17, 15) is 4.79 Å². The van der Waals surface area contributed by atoms with Crippen LogP contribution in [0, 0.1) is 0 Å². The molecule has 98 valence electrons. The fourth-order valence-electron chi connectivity index (χ4n) is 2.40. The smallest absolute Gasteiger partial charge is 0.254 e. The maximum Gasteiger partial charge on any atom is 0.254 e. The van der Waals surface area contributed by atoms with E-state index in [2.05, 4.69) is 22.2 Å². The fraction of sp³-hybridized carbons (Fsp3) is 0.357. The largest absolute Gasteiger partial charge is 0.333 e. The van der Waals surface area contributed by atoms with Gasteiger partial charge in [-0.1, -0.05) is 0 Å². The summed E-state index contributed by atoms with van der Waals surface area (Å²) in [4.78, 5) is 22.9. The highest BCUT2D eigenvalue weighted by Crippen LogP contribution is 2.15. The molecule has 0 aliphatic carbocycles. The van der Waals surface area contributed by atoms with E-state index in [1.165, 1.54) is 0 Å². The van der Waals surface area contributed by atoms with Gasteiger partial charge in [0.15, 0.2) is 0 Å². The highest BCUT2D eigenvalue weighted by Gasteiger charge is 2.24. The Kier molecular flexibility index (Phi) is 3.13. The third-order valence-electron chi connectivity index (χ3n) is 3.48. The van der Waals surface area contributed by atoms with Gasteiger partial charge in [-0.15, -0.1) is 0 Å². The Morgan fingerprint density at radius 3 is 2.89 bits per heavy atom. The van der Waals surface area contributed by atoms with Crippen molar-refractivity contribution >= 4 is 16.9 Å². The maximum absolute atomic E-state index is 12.5. The Hall–Kier alpha value is -2.01. The Labute approximate surface area is 111 Å². The highest BCUT2D eigenvalue weighted by atomic mass is 16.2. The zero-order chi connectivity index (χ0) is 13.2. The minimum atomic E-state index is 0.0709. The van der Waals surface area contributed by atoms with Gasteiger partial charge >= 0.3 is 0 Å². The number of nitrogens with zero attached hydrogens (tertiary/aromatic N) is 3. The van der Waals surface area contributed by atoms with Gasteiger partial charge in [0.2, 0.25) is 0 Å². The van der Waals surface area contributed by atoms with Crippen LogP contribution in [0.3, 0.4) is 0 Å². The third kappa shape index (κ3) is 2.29. The molecule has 0 spiro atoms. The number of aromatic nitrogens is 2. The number of fused-ring (bicyclic) bond motifs is 1. The van der Waals surface area contributed by atoms with Gasteiger partial charge in [-0.2, -0.15) is 0 Å². The number of benzene rings is 1. The van der Waals surface area contributed by atoms with Crippen molar-refractivity contribution in [2.24, 2.45) is 0 Å². The van der Waals surface area contributed by atoms with E-state index in [4.69, 9.17) is 0 Å². The molecule has 0 bridgehead atoms. The number of piperazine rings is 1. The van der Waals surface area contributed by atoms with Crippen molar-refractivity contribution in [2.45, 2.75) is 13.0 Å². The molecular weight excluding hydrogens is 240 g/mol. The van der Waals surface area contributed by atoms with Crippen LogP contribution in [-0.2, 0) is 0 Å². The minimum Gasteiger partial charge on any atom is -0.333 e. The van der Waals surface area contributed by atoms with Crippen LogP contribution in [0.5, 0.6) is 0 Å².